The highest BCUT2D eigenvalue weighted by atomic mass is 16.5. The molecule has 6 rings (SSSR count). The van der Waals surface area contributed by atoms with E-state index in [1.54, 1.807) is 12.5 Å². The lowest BCUT2D eigenvalue weighted by Crippen LogP contribution is -2.18. The van der Waals surface area contributed by atoms with E-state index in [1.165, 1.54) is 12.8 Å². The van der Waals surface area contributed by atoms with Crippen LogP contribution in [0.15, 0.2) is 79.4 Å². The lowest BCUT2D eigenvalue weighted by Gasteiger charge is -2.13. The zero-order valence-corrected chi connectivity index (χ0v) is 20.7. The van der Waals surface area contributed by atoms with Crippen molar-refractivity contribution in [3.8, 4) is 23.3 Å². The first kappa shape index (κ1) is 23.0. The Morgan fingerprint density at radius 3 is 2.76 bits per heavy atom. The van der Waals surface area contributed by atoms with Gasteiger partial charge in [0.05, 0.1) is 12.1 Å². The van der Waals surface area contributed by atoms with E-state index in [-0.39, 0.29) is 0 Å². The first-order valence-corrected chi connectivity index (χ1v) is 12.6. The van der Waals surface area contributed by atoms with Gasteiger partial charge in [0.25, 0.3) is 0 Å². The van der Waals surface area contributed by atoms with Gasteiger partial charge in [-0.15, -0.1) is 0 Å². The van der Waals surface area contributed by atoms with Gasteiger partial charge in [-0.3, -0.25) is 9.88 Å². The molecule has 182 valence electrons. The van der Waals surface area contributed by atoms with Crippen molar-refractivity contribution in [1.29, 1.82) is 0 Å². The van der Waals surface area contributed by atoms with E-state index in [4.69, 9.17) is 4.74 Å². The van der Waals surface area contributed by atoms with Gasteiger partial charge in [0.1, 0.15) is 23.6 Å². The molecule has 0 atom stereocenters. The Hall–Kier alpha value is -4.47. The van der Waals surface area contributed by atoms with Crippen LogP contribution in [0.25, 0.3) is 21.7 Å². The Labute approximate surface area is 216 Å². The summed E-state index contributed by atoms with van der Waals surface area (Å²) in [6, 6.07) is 20.1. The van der Waals surface area contributed by atoms with Gasteiger partial charge in [0.15, 0.2) is 0 Å². The molecule has 1 aliphatic heterocycles. The second-order valence-corrected chi connectivity index (χ2v) is 9.30. The van der Waals surface area contributed by atoms with E-state index >= 15 is 0 Å². The fourth-order valence-corrected chi connectivity index (χ4v) is 4.70. The smallest absolute Gasteiger partial charge is 0.141 e. The van der Waals surface area contributed by atoms with Crippen LogP contribution in [0.2, 0.25) is 0 Å². The predicted octanol–water partition coefficient (Wildman–Crippen LogP) is 6.47. The van der Waals surface area contributed by atoms with Crippen LogP contribution in [0.5, 0.6) is 11.5 Å². The topological polar surface area (TPSA) is 63.2 Å². The highest BCUT2D eigenvalue weighted by molar-refractivity contribution is 5.91. The van der Waals surface area contributed by atoms with Crippen LogP contribution in [-0.2, 0) is 0 Å². The van der Waals surface area contributed by atoms with Crippen molar-refractivity contribution < 1.29 is 4.74 Å². The summed E-state index contributed by atoms with van der Waals surface area (Å²) >= 11 is 0. The fraction of sp³-hybridized carbons (Fsp3) is 0.194. The van der Waals surface area contributed by atoms with Gasteiger partial charge in [-0.1, -0.05) is 24.0 Å². The van der Waals surface area contributed by atoms with Crippen molar-refractivity contribution in [2.75, 3.05) is 25.0 Å². The third-order valence-electron chi connectivity index (χ3n) is 6.67. The normalized spacial score (nSPS) is 13.4. The molecule has 6 heteroatoms. The molecule has 0 radical (unpaired) electrons. The van der Waals surface area contributed by atoms with E-state index in [0.29, 0.717) is 0 Å². The van der Waals surface area contributed by atoms with Crippen molar-refractivity contribution >= 4 is 33.2 Å². The molecule has 37 heavy (non-hydrogen) atoms. The van der Waals surface area contributed by atoms with Crippen molar-refractivity contribution in [3.05, 3.63) is 90.5 Å². The number of pyridine rings is 1. The minimum Gasteiger partial charge on any atom is -0.456 e. The second kappa shape index (κ2) is 10.3. The van der Waals surface area contributed by atoms with Gasteiger partial charge in [0.2, 0.25) is 0 Å². The van der Waals surface area contributed by atoms with Crippen LogP contribution in [0.3, 0.4) is 0 Å². The number of hydrogen-bond donors (Lipinski definition) is 1. The summed E-state index contributed by atoms with van der Waals surface area (Å²) in [4.78, 5) is 15.6. The Morgan fingerprint density at radius 1 is 0.946 bits per heavy atom. The molecule has 3 heterocycles. The molecular weight excluding hydrogens is 458 g/mol. The predicted molar refractivity (Wildman–Crippen MR) is 148 cm³/mol. The van der Waals surface area contributed by atoms with Crippen LogP contribution < -0.4 is 10.1 Å². The number of aromatic nitrogens is 3. The van der Waals surface area contributed by atoms with E-state index in [9.17, 15) is 0 Å². The molecular formula is C31H27N5O. The molecule has 0 spiro atoms. The molecule has 1 aliphatic rings. The summed E-state index contributed by atoms with van der Waals surface area (Å²) < 4.78 is 6.28. The minimum atomic E-state index is 0.751. The quantitative estimate of drug-likeness (QED) is 0.288. The molecule has 1 saturated heterocycles. The van der Waals surface area contributed by atoms with Gasteiger partial charge < -0.3 is 10.1 Å². The Kier molecular flexibility index (Phi) is 6.36. The number of likely N-dealkylation sites (tertiary alicyclic amines) is 1. The Balaban J connectivity index is 1.23. The lowest BCUT2D eigenvalue weighted by molar-refractivity contribution is 0.383. The highest BCUT2D eigenvalue weighted by Gasteiger charge is 2.10. The van der Waals surface area contributed by atoms with Gasteiger partial charge in [-0.25, -0.2) is 9.97 Å². The molecule has 3 aromatic carbocycles. The molecule has 0 bridgehead atoms. The number of anilines is 2. The van der Waals surface area contributed by atoms with Crippen LogP contribution >= 0.6 is 0 Å². The van der Waals surface area contributed by atoms with Crippen LogP contribution in [0.1, 0.15) is 24.0 Å². The summed E-state index contributed by atoms with van der Waals surface area (Å²) in [6.07, 6.45) is 7.76. The number of nitrogens with zero attached hydrogens (tertiary/aromatic N) is 4. The van der Waals surface area contributed by atoms with Crippen molar-refractivity contribution in [1.82, 2.24) is 19.9 Å². The summed E-state index contributed by atoms with van der Waals surface area (Å²) in [6.45, 7) is 5.15. The SMILES string of the molecule is Cc1cc(Nc2ncnc3ccc(C#CCN4CCCC4)cc23)ccc1Oc1cccc2ccncc12. The molecule has 5 aromatic rings. The monoisotopic (exact) mass is 485 g/mol. The number of rotatable bonds is 5. The van der Waals surface area contributed by atoms with E-state index in [1.807, 2.05) is 55.6 Å². The standard InChI is InChI=1S/C31H27N5O/c1-22-18-25(10-12-29(22)37-30-8-4-7-24-13-14-32-20-27(24)30)35-31-26-19-23(9-11-28(26)33-21-34-31)6-5-17-36-15-2-3-16-36/h4,7-14,18-21H,2-3,15-17H2,1H3,(H,33,34,35). The average Bonchev–Trinajstić information content (AvgIpc) is 3.44. The van der Waals surface area contributed by atoms with Gasteiger partial charge >= 0.3 is 0 Å². The minimum absolute atomic E-state index is 0.751. The molecule has 0 amide bonds. The van der Waals surface area contributed by atoms with Gasteiger partial charge in [-0.05, 0) is 92.3 Å². The number of fused-ring (bicyclic) bond motifs is 2. The van der Waals surface area contributed by atoms with Crippen LogP contribution in [0, 0.1) is 18.8 Å². The first-order chi connectivity index (χ1) is 18.2. The van der Waals surface area contributed by atoms with E-state index in [2.05, 4.69) is 55.2 Å². The average molecular weight is 486 g/mol. The summed E-state index contributed by atoms with van der Waals surface area (Å²) in [5.41, 5.74) is 3.78. The Bertz CT molecular complexity index is 1640. The zero-order valence-electron chi connectivity index (χ0n) is 20.7. The van der Waals surface area contributed by atoms with Gasteiger partial charge in [-0.2, -0.15) is 0 Å². The molecule has 0 saturated carbocycles. The third kappa shape index (κ3) is 5.09. The molecule has 1 fully saturated rings. The number of aryl methyl sites for hydroxylation is 1. The number of hydrogen-bond acceptors (Lipinski definition) is 6. The van der Waals surface area contributed by atoms with Crippen LogP contribution in [-0.4, -0.2) is 39.5 Å². The first-order valence-electron chi connectivity index (χ1n) is 12.6. The molecule has 0 unspecified atom stereocenters. The third-order valence-corrected chi connectivity index (χ3v) is 6.67. The molecule has 0 aliphatic carbocycles. The zero-order chi connectivity index (χ0) is 25.0. The van der Waals surface area contributed by atoms with E-state index in [0.717, 1.165) is 75.4 Å². The fourth-order valence-electron chi connectivity index (χ4n) is 4.70. The lowest BCUT2D eigenvalue weighted by atomic mass is 10.1. The van der Waals surface area contributed by atoms with E-state index < -0.39 is 0 Å². The van der Waals surface area contributed by atoms with Crippen molar-refractivity contribution in [3.63, 3.8) is 0 Å². The number of benzene rings is 3. The highest BCUT2D eigenvalue weighted by Crippen LogP contribution is 2.33. The number of nitrogens with one attached hydrogen (secondary N) is 1. The molecule has 6 nitrogen and oxygen atoms in total. The summed E-state index contributed by atoms with van der Waals surface area (Å²) in [7, 11) is 0. The molecule has 1 N–H and O–H groups in total. The summed E-state index contributed by atoms with van der Waals surface area (Å²) in [5.74, 6) is 8.96. The maximum absolute atomic E-state index is 6.28. The molecule has 2 aromatic heterocycles. The van der Waals surface area contributed by atoms with Crippen molar-refractivity contribution in [2.24, 2.45) is 0 Å². The van der Waals surface area contributed by atoms with Crippen molar-refractivity contribution in [2.45, 2.75) is 19.8 Å². The van der Waals surface area contributed by atoms with Gasteiger partial charge in [0, 0.05) is 34.4 Å². The maximum Gasteiger partial charge on any atom is 0.141 e. The Morgan fingerprint density at radius 2 is 1.86 bits per heavy atom. The maximum atomic E-state index is 6.28. The number of ether oxygens (including phenoxy) is 1. The largest absolute Gasteiger partial charge is 0.456 e. The summed E-state index contributed by atoms with van der Waals surface area (Å²) in [5, 5.41) is 6.49. The second-order valence-electron chi connectivity index (χ2n) is 9.30. The van der Waals surface area contributed by atoms with Crippen LogP contribution in [0.4, 0.5) is 11.5 Å².